The molecule has 54 valence electrons. The molecule has 0 saturated heterocycles. The van der Waals surface area contributed by atoms with Crippen LogP contribution in [0.2, 0.25) is 0 Å². The van der Waals surface area contributed by atoms with Crippen LogP contribution in [0.4, 0.5) is 0 Å². The van der Waals surface area contributed by atoms with Crippen LogP contribution in [-0.4, -0.2) is 5.54 Å². The molecule has 0 amide bonds. The minimum atomic E-state index is 0.150. The summed E-state index contributed by atoms with van der Waals surface area (Å²) in [6.45, 7) is 4.47. The molecule has 1 nitrogen and oxygen atoms in total. The summed E-state index contributed by atoms with van der Waals surface area (Å²) in [5.74, 6) is 0.855. The van der Waals surface area contributed by atoms with E-state index >= 15 is 0 Å². The zero-order valence-electron chi connectivity index (χ0n) is 6.48. The highest BCUT2D eigenvalue weighted by Crippen LogP contribution is 2.29. The maximum Gasteiger partial charge on any atom is 0.0128 e. The minimum absolute atomic E-state index is 0.150. The fourth-order valence-electron chi connectivity index (χ4n) is 1.85. The number of hydrogen-bond acceptors (Lipinski definition) is 1. The number of hydrogen-bond donors (Lipinski definition) is 1. The van der Waals surface area contributed by atoms with E-state index in [1.165, 1.54) is 25.7 Å². The van der Waals surface area contributed by atoms with E-state index < -0.39 is 0 Å². The first-order valence-electron chi connectivity index (χ1n) is 3.89. The molecule has 0 spiro atoms. The Bertz CT molecular complexity index is 96.7. The van der Waals surface area contributed by atoms with Gasteiger partial charge in [0.25, 0.3) is 0 Å². The van der Waals surface area contributed by atoms with Crippen molar-refractivity contribution < 1.29 is 0 Å². The molecule has 0 unspecified atom stereocenters. The van der Waals surface area contributed by atoms with Crippen LogP contribution in [-0.2, 0) is 0 Å². The maximum absolute atomic E-state index is 5.97. The van der Waals surface area contributed by atoms with Crippen molar-refractivity contribution in [2.24, 2.45) is 11.7 Å². The summed E-state index contributed by atoms with van der Waals surface area (Å²) in [4.78, 5) is 0. The van der Waals surface area contributed by atoms with E-state index in [1.807, 2.05) is 0 Å². The Morgan fingerprint density at radius 1 is 1.56 bits per heavy atom. The van der Waals surface area contributed by atoms with Crippen molar-refractivity contribution in [1.82, 2.24) is 0 Å². The van der Waals surface area contributed by atoms with Crippen LogP contribution >= 0.6 is 0 Å². The van der Waals surface area contributed by atoms with Crippen molar-refractivity contribution in [3.8, 4) is 0 Å². The third-order valence-corrected chi connectivity index (χ3v) is 2.26. The van der Waals surface area contributed by atoms with Crippen LogP contribution in [0.3, 0.4) is 0 Å². The average molecular weight is 127 g/mol. The van der Waals surface area contributed by atoms with Crippen LogP contribution in [0.1, 0.15) is 39.5 Å². The minimum Gasteiger partial charge on any atom is -0.325 e. The Morgan fingerprint density at radius 2 is 2.22 bits per heavy atom. The first kappa shape index (κ1) is 7.07. The molecule has 1 aliphatic carbocycles. The van der Waals surface area contributed by atoms with E-state index in [4.69, 9.17) is 5.73 Å². The molecule has 2 N–H and O–H groups in total. The maximum atomic E-state index is 5.97. The molecule has 0 aromatic rings. The van der Waals surface area contributed by atoms with Gasteiger partial charge in [0.2, 0.25) is 0 Å². The van der Waals surface area contributed by atoms with Gasteiger partial charge < -0.3 is 5.73 Å². The molecule has 0 radical (unpaired) electrons. The normalized spacial score (nSPS) is 45.0. The van der Waals surface area contributed by atoms with Crippen LogP contribution in [0.5, 0.6) is 0 Å². The third kappa shape index (κ3) is 1.98. The molecule has 1 fully saturated rings. The van der Waals surface area contributed by atoms with E-state index in [2.05, 4.69) is 13.8 Å². The van der Waals surface area contributed by atoms with Gasteiger partial charge >= 0.3 is 0 Å². The van der Waals surface area contributed by atoms with Crippen LogP contribution in [0, 0.1) is 5.92 Å². The smallest absolute Gasteiger partial charge is 0.0128 e. The Balaban J connectivity index is 2.41. The Kier molecular flexibility index (Phi) is 1.80. The van der Waals surface area contributed by atoms with Crippen molar-refractivity contribution in [2.75, 3.05) is 0 Å². The molecule has 1 heteroatoms. The molecule has 2 atom stereocenters. The molecule has 1 saturated carbocycles. The molecule has 0 bridgehead atoms. The quantitative estimate of drug-likeness (QED) is 0.528. The highest BCUT2D eigenvalue weighted by atomic mass is 14.7. The van der Waals surface area contributed by atoms with Gasteiger partial charge in [-0.05, 0) is 25.7 Å². The van der Waals surface area contributed by atoms with E-state index in [0.717, 1.165) is 5.92 Å². The predicted molar refractivity (Wildman–Crippen MR) is 40.2 cm³/mol. The lowest BCUT2D eigenvalue weighted by Crippen LogP contribution is -2.40. The lowest BCUT2D eigenvalue weighted by molar-refractivity contribution is 0.256. The summed E-state index contributed by atoms with van der Waals surface area (Å²) < 4.78 is 0. The van der Waals surface area contributed by atoms with Gasteiger partial charge in [-0.3, -0.25) is 0 Å². The number of nitrogens with two attached hydrogens (primary N) is 1. The van der Waals surface area contributed by atoms with Crippen molar-refractivity contribution in [2.45, 2.75) is 45.1 Å². The lowest BCUT2D eigenvalue weighted by Gasteiger charge is -2.33. The van der Waals surface area contributed by atoms with Crippen molar-refractivity contribution in [3.05, 3.63) is 0 Å². The zero-order chi connectivity index (χ0) is 6.91. The second-order valence-electron chi connectivity index (χ2n) is 3.86. The van der Waals surface area contributed by atoms with Gasteiger partial charge in [-0.2, -0.15) is 0 Å². The fraction of sp³-hybridized carbons (Fsp3) is 1.00. The molecule has 0 heterocycles. The lowest BCUT2D eigenvalue weighted by atomic mass is 9.78. The average Bonchev–Trinajstić information content (AvgIpc) is 1.60. The van der Waals surface area contributed by atoms with E-state index in [9.17, 15) is 0 Å². The monoisotopic (exact) mass is 127 g/mol. The predicted octanol–water partition coefficient (Wildman–Crippen LogP) is 1.91. The van der Waals surface area contributed by atoms with Gasteiger partial charge in [0.1, 0.15) is 0 Å². The standard InChI is InChI=1S/C8H17N/c1-7-4-3-5-8(2,9)6-7/h7H,3-6,9H2,1-2H3/t7-,8-/m0/s1. The molecule has 1 aliphatic rings. The Labute approximate surface area is 57.6 Å². The van der Waals surface area contributed by atoms with Gasteiger partial charge in [-0.15, -0.1) is 0 Å². The van der Waals surface area contributed by atoms with E-state index in [1.54, 1.807) is 0 Å². The summed E-state index contributed by atoms with van der Waals surface area (Å²) in [6.07, 6.45) is 5.14. The molecule has 0 aromatic carbocycles. The summed E-state index contributed by atoms with van der Waals surface area (Å²) in [5, 5.41) is 0. The zero-order valence-corrected chi connectivity index (χ0v) is 6.48. The molecule has 9 heavy (non-hydrogen) atoms. The van der Waals surface area contributed by atoms with Crippen LogP contribution < -0.4 is 5.73 Å². The van der Waals surface area contributed by atoms with E-state index in [-0.39, 0.29) is 5.54 Å². The van der Waals surface area contributed by atoms with E-state index in [0.29, 0.717) is 0 Å². The summed E-state index contributed by atoms with van der Waals surface area (Å²) in [6, 6.07) is 0. The molecule has 0 aromatic heterocycles. The summed E-state index contributed by atoms with van der Waals surface area (Å²) in [7, 11) is 0. The number of rotatable bonds is 0. The van der Waals surface area contributed by atoms with Crippen molar-refractivity contribution in [3.63, 3.8) is 0 Å². The third-order valence-electron chi connectivity index (χ3n) is 2.26. The molecular weight excluding hydrogens is 110 g/mol. The van der Waals surface area contributed by atoms with Crippen molar-refractivity contribution in [1.29, 1.82) is 0 Å². The topological polar surface area (TPSA) is 26.0 Å². The van der Waals surface area contributed by atoms with Gasteiger partial charge in [-0.25, -0.2) is 0 Å². The largest absolute Gasteiger partial charge is 0.325 e. The fourth-order valence-corrected chi connectivity index (χ4v) is 1.85. The molecule has 1 rings (SSSR count). The summed E-state index contributed by atoms with van der Waals surface area (Å²) >= 11 is 0. The second kappa shape index (κ2) is 2.30. The van der Waals surface area contributed by atoms with Crippen LogP contribution in [0.25, 0.3) is 0 Å². The van der Waals surface area contributed by atoms with Crippen LogP contribution in [0.15, 0.2) is 0 Å². The molecular formula is C8H17N. The van der Waals surface area contributed by atoms with Gasteiger partial charge in [0, 0.05) is 5.54 Å². The summed E-state index contributed by atoms with van der Waals surface area (Å²) in [5.41, 5.74) is 6.12. The Morgan fingerprint density at radius 3 is 2.56 bits per heavy atom. The second-order valence-corrected chi connectivity index (χ2v) is 3.86. The Hall–Kier alpha value is -0.0400. The van der Waals surface area contributed by atoms with Gasteiger partial charge in [0.05, 0.1) is 0 Å². The van der Waals surface area contributed by atoms with Gasteiger partial charge in [0.15, 0.2) is 0 Å². The highest BCUT2D eigenvalue weighted by molar-refractivity contribution is 4.84. The first-order chi connectivity index (χ1) is 4.10. The molecule has 0 aliphatic heterocycles. The highest BCUT2D eigenvalue weighted by Gasteiger charge is 2.25. The SMILES string of the molecule is C[C@H]1CCC[C@](C)(N)C1. The van der Waals surface area contributed by atoms with Crippen molar-refractivity contribution >= 4 is 0 Å². The first-order valence-corrected chi connectivity index (χ1v) is 3.89. The van der Waals surface area contributed by atoms with Gasteiger partial charge in [-0.1, -0.05) is 19.8 Å².